The number of urea groups is 1. The van der Waals surface area contributed by atoms with Crippen LogP contribution in [0.1, 0.15) is 36.9 Å². The number of aliphatic hydroxyl groups excluding tert-OH is 1. The van der Waals surface area contributed by atoms with Crippen molar-refractivity contribution in [2.75, 3.05) is 18.5 Å². The first-order valence-electron chi connectivity index (χ1n) is 8.60. The van der Waals surface area contributed by atoms with Crippen LogP contribution in [0.4, 0.5) is 10.5 Å². The molecule has 5 nitrogen and oxygen atoms in total. The highest BCUT2D eigenvalue weighted by molar-refractivity contribution is 5.89. The molecular formula is C20H26N2O3. The summed E-state index contributed by atoms with van der Waals surface area (Å²) in [4.78, 5) is 12.4. The first-order valence-corrected chi connectivity index (χ1v) is 8.60. The number of rotatable bonds is 8. The molecule has 25 heavy (non-hydrogen) atoms. The molecule has 0 aliphatic heterocycles. The third kappa shape index (κ3) is 5.80. The molecule has 2 amide bonds. The van der Waals surface area contributed by atoms with Crippen molar-refractivity contribution in [1.29, 1.82) is 0 Å². The van der Waals surface area contributed by atoms with Gasteiger partial charge in [-0.25, -0.2) is 4.79 Å². The summed E-state index contributed by atoms with van der Waals surface area (Å²) in [6.45, 7) is 4.60. The quantitative estimate of drug-likeness (QED) is 0.678. The van der Waals surface area contributed by atoms with Crippen LogP contribution in [-0.4, -0.2) is 24.4 Å². The molecule has 0 aliphatic carbocycles. The van der Waals surface area contributed by atoms with E-state index in [-0.39, 0.29) is 18.7 Å². The number of benzene rings is 2. The molecule has 1 unspecified atom stereocenters. The molecule has 5 heteroatoms. The highest BCUT2D eigenvalue weighted by atomic mass is 16.5. The van der Waals surface area contributed by atoms with Crippen LogP contribution in [0.5, 0.6) is 5.75 Å². The van der Waals surface area contributed by atoms with Gasteiger partial charge in [0.25, 0.3) is 0 Å². The number of hydrogen-bond acceptors (Lipinski definition) is 3. The summed E-state index contributed by atoms with van der Waals surface area (Å²) >= 11 is 0. The van der Waals surface area contributed by atoms with Crippen LogP contribution in [0, 0.1) is 6.92 Å². The second-order valence-corrected chi connectivity index (χ2v) is 5.84. The minimum Gasteiger partial charge on any atom is -0.494 e. The number of carbonyl (C=O) groups excluding carboxylic acids is 1. The van der Waals surface area contributed by atoms with Gasteiger partial charge >= 0.3 is 6.03 Å². The van der Waals surface area contributed by atoms with E-state index in [0.717, 1.165) is 16.9 Å². The predicted octanol–water partition coefficient (Wildman–Crippen LogP) is 4.03. The average Bonchev–Trinajstić information content (AvgIpc) is 2.62. The van der Waals surface area contributed by atoms with Crippen LogP contribution in [0.15, 0.2) is 48.5 Å². The largest absolute Gasteiger partial charge is 0.494 e. The molecule has 0 bridgehead atoms. The maximum atomic E-state index is 12.4. The molecule has 0 radical (unpaired) electrons. The van der Waals surface area contributed by atoms with Crippen molar-refractivity contribution in [3.8, 4) is 5.75 Å². The van der Waals surface area contributed by atoms with Crippen LogP contribution < -0.4 is 15.4 Å². The molecule has 1 atom stereocenters. The highest BCUT2D eigenvalue weighted by Crippen LogP contribution is 2.22. The van der Waals surface area contributed by atoms with Gasteiger partial charge in [0.1, 0.15) is 5.75 Å². The summed E-state index contributed by atoms with van der Waals surface area (Å²) in [6.07, 6.45) is 1.30. The van der Waals surface area contributed by atoms with E-state index in [4.69, 9.17) is 9.84 Å². The molecule has 134 valence electrons. The van der Waals surface area contributed by atoms with Crippen LogP contribution >= 0.6 is 0 Å². The second kappa shape index (κ2) is 9.69. The lowest BCUT2D eigenvalue weighted by atomic mass is 10.0. The standard InChI is InChI=1S/C20H26N2O3/c1-3-25-19-12-11-17(14-15(19)2)21-20(24)22-18(10-7-13-23)16-8-5-4-6-9-16/h4-6,8-9,11-12,14,18,23H,3,7,10,13H2,1-2H3,(H2,21,22,24). The molecule has 0 saturated carbocycles. The maximum Gasteiger partial charge on any atom is 0.319 e. The smallest absolute Gasteiger partial charge is 0.319 e. The van der Waals surface area contributed by atoms with Crippen LogP contribution in [-0.2, 0) is 0 Å². The number of carbonyl (C=O) groups is 1. The molecule has 0 aliphatic rings. The van der Waals surface area contributed by atoms with E-state index in [1.165, 1.54) is 0 Å². The topological polar surface area (TPSA) is 70.6 Å². The summed E-state index contributed by atoms with van der Waals surface area (Å²) in [5, 5.41) is 14.9. The van der Waals surface area contributed by atoms with Gasteiger partial charge in [-0.3, -0.25) is 0 Å². The third-order valence-electron chi connectivity index (χ3n) is 3.89. The molecule has 0 saturated heterocycles. The number of hydrogen-bond donors (Lipinski definition) is 3. The molecule has 3 N–H and O–H groups in total. The third-order valence-corrected chi connectivity index (χ3v) is 3.89. The van der Waals surface area contributed by atoms with Gasteiger partial charge in [0, 0.05) is 12.3 Å². The monoisotopic (exact) mass is 342 g/mol. The van der Waals surface area contributed by atoms with E-state index < -0.39 is 0 Å². The van der Waals surface area contributed by atoms with Crippen molar-refractivity contribution in [1.82, 2.24) is 5.32 Å². The zero-order valence-electron chi connectivity index (χ0n) is 14.8. The molecule has 2 aromatic rings. The normalized spacial score (nSPS) is 11.6. The summed E-state index contributed by atoms with van der Waals surface area (Å²) in [6, 6.07) is 14.9. The minimum atomic E-state index is -0.268. The summed E-state index contributed by atoms with van der Waals surface area (Å²) in [5.41, 5.74) is 2.71. The van der Waals surface area contributed by atoms with Gasteiger partial charge in [-0.2, -0.15) is 0 Å². The zero-order valence-corrected chi connectivity index (χ0v) is 14.8. The Morgan fingerprint density at radius 1 is 1.20 bits per heavy atom. The van der Waals surface area contributed by atoms with E-state index in [2.05, 4.69) is 10.6 Å². The Labute approximate surface area is 149 Å². The predicted molar refractivity (Wildman–Crippen MR) is 100 cm³/mol. The van der Waals surface area contributed by atoms with Crippen LogP contribution in [0.25, 0.3) is 0 Å². The van der Waals surface area contributed by atoms with Crippen LogP contribution in [0.3, 0.4) is 0 Å². The number of aliphatic hydroxyl groups is 1. The summed E-state index contributed by atoms with van der Waals surface area (Å²) in [5.74, 6) is 0.818. The van der Waals surface area contributed by atoms with Crippen molar-refractivity contribution in [3.63, 3.8) is 0 Å². The van der Waals surface area contributed by atoms with E-state index in [9.17, 15) is 4.79 Å². The fourth-order valence-corrected chi connectivity index (χ4v) is 2.67. The summed E-state index contributed by atoms with van der Waals surface area (Å²) < 4.78 is 5.51. The van der Waals surface area contributed by atoms with Gasteiger partial charge < -0.3 is 20.5 Å². The van der Waals surface area contributed by atoms with E-state index in [0.29, 0.717) is 25.1 Å². The van der Waals surface area contributed by atoms with Gasteiger partial charge in [0.05, 0.1) is 12.6 Å². The van der Waals surface area contributed by atoms with E-state index in [1.807, 2.05) is 62.4 Å². The molecular weight excluding hydrogens is 316 g/mol. The first-order chi connectivity index (χ1) is 12.1. The van der Waals surface area contributed by atoms with Crippen molar-refractivity contribution in [2.45, 2.75) is 32.7 Å². The fraction of sp³-hybridized carbons (Fsp3) is 0.350. The Bertz CT molecular complexity index is 674. The van der Waals surface area contributed by atoms with Gasteiger partial charge in [-0.15, -0.1) is 0 Å². The molecule has 2 rings (SSSR count). The lowest BCUT2D eigenvalue weighted by Gasteiger charge is -2.19. The fourth-order valence-electron chi connectivity index (χ4n) is 2.67. The molecule has 0 fully saturated rings. The molecule has 0 spiro atoms. The number of ether oxygens (including phenoxy) is 1. The number of anilines is 1. The van der Waals surface area contributed by atoms with Crippen molar-refractivity contribution in [2.24, 2.45) is 0 Å². The number of nitrogens with one attached hydrogen (secondary N) is 2. The van der Waals surface area contributed by atoms with Gasteiger partial charge in [-0.05, 0) is 56.0 Å². The van der Waals surface area contributed by atoms with Gasteiger partial charge in [0.15, 0.2) is 0 Å². The Kier molecular flexibility index (Phi) is 7.29. The molecule has 0 aromatic heterocycles. The Hall–Kier alpha value is -2.53. The first kappa shape index (κ1) is 18.8. The number of aryl methyl sites for hydroxylation is 1. The average molecular weight is 342 g/mol. The Morgan fingerprint density at radius 2 is 1.96 bits per heavy atom. The lowest BCUT2D eigenvalue weighted by Crippen LogP contribution is -2.32. The Morgan fingerprint density at radius 3 is 2.60 bits per heavy atom. The van der Waals surface area contributed by atoms with Gasteiger partial charge in [-0.1, -0.05) is 30.3 Å². The van der Waals surface area contributed by atoms with Crippen molar-refractivity contribution < 1.29 is 14.6 Å². The second-order valence-electron chi connectivity index (χ2n) is 5.84. The van der Waals surface area contributed by atoms with Crippen molar-refractivity contribution >= 4 is 11.7 Å². The van der Waals surface area contributed by atoms with Crippen LogP contribution in [0.2, 0.25) is 0 Å². The lowest BCUT2D eigenvalue weighted by molar-refractivity contribution is 0.244. The molecule has 2 aromatic carbocycles. The maximum absolute atomic E-state index is 12.4. The Balaban J connectivity index is 2.02. The minimum absolute atomic E-state index is 0.102. The SMILES string of the molecule is CCOc1ccc(NC(=O)NC(CCCO)c2ccccc2)cc1C. The number of amides is 2. The summed E-state index contributed by atoms with van der Waals surface area (Å²) in [7, 11) is 0. The van der Waals surface area contributed by atoms with Crippen molar-refractivity contribution in [3.05, 3.63) is 59.7 Å². The van der Waals surface area contributed by atoms with Gasteiger partial charge in [0.2, 0.25) is 0 Å². The highest BCUT2D eigenvalue weighted by Gasteiger charge is 2.14. The molecule has 0 heterocycles. The zero-order chi connectivity index (χ0) is 18.1. The van der Waals surface area contributed by atoms with E-state index >= 15 is 0 Å². The van der Waals surface area contributed by atoms with E-state index in [1.54, 1.807) is 0 Å².